The van der Waals surface area contributed by atoms with E-state index in [0.717, 1.165) is 27.2 Å². The van der Waals surface area contributed by atoms with Crippen molar-refractivity contribution in [2.24, 2.45) is 5.10 Å². The number of amides is 1. The van der Waals surface area contributed by atoms with Crippen LogP contribution in [0.5, 0.6) is 5.75 Å². The van der Waals surface area contributed by atoms with Gasteiger partial charge in [-0.15, -0.1) is 0 Å². The molecule has 0 spiro atoms. The largest absolute Gasteiger partial charge is 0.483 e. The highest BCUT2D eigenvalue weighted by atomic mass is 16.5. The first-order chi connectivity index (χ1) is 17.6. The molecule has 0 unspecified atom stereocenters. The average Bonchev–Trinajstić information content (AvgIpc) is 3.52. The Morgan fingerprint density at radius 2 is 1.75 bits per heavy atom. The number of rotatable bonds is 8. The molecule has 1 amide bonds. The molecule has 3 aromatic carbocycles. The zero-order valence-corrected chi connectivity index (χ0v) is 19.5. The molecule has 5 rings (SSSR count). The minimum atomic E-state index is -0.522. The third-order valence-electron chi connectivity index (χ3n) is 5.70. The molecular formula is C28H23N3O5. The van der Waals surface area contributed by atoms with Gasteiger partial charge in [-0.2, -0.15) is 5.10 Å². The molecule has 1 N–H and O–H groups in total. The number of hydrazone groups is 1. The van der Waals surface area contributed by atoms with Crippen LogP contribution in [0.25, 0.3) is 21.7 Å². The number of benzene rings is 3. The molecule has 0 atom stereocenters. The Morgan fingerprint density at radius 3 is 2.61 bits per heavy atom. The molecule has 0 fully saturated rings. The number of esters is 1. The summed E-state index contributed by atoms with van der Waals surface area (Å²) in [5.74, 6) is 0.516. The number of aromatic nitrogens is 1. The number of furan rings is 1. The third kappa shape index (κ3) is 4.83. The second-order valence-corrected chi connectivity index (χ2v) is 8.05. The van der Waals surface area contributed by atoms with E-state index in [1.165, 1.54) is 7.11 Å². The lowest BCUT2D eigenvalue weighted by Gasteiger charge is -2.08. The van der Waals surface area contributed by atoms with Crippen LogP contribution >= 0.6 is 0 Å². The Morgan fingerprint density at radius 1 is 0.972 bits per heavy atom. The van der Waals surface area contributed by atoms with Gasteiger partial charge in [0.05, 0.1) is 19.9 Å². The van der Waals surface area contributed by atoms with Gasteiger partial charge in [-0.3, -0.25) is 4.79 Å². The normalized spacial score (nSPS) is 11.2. The second kappa shape index (κ2) is 10.2. The number of hydrogen-bond acceptors (Lipinski definition) is 6. The first kappa shape index (κ1) is 22.9. The summed E-state index contributed by atoms with van der Waals surface area (Å²) in [7, 11) is 1.31. The summed E-state index contributed by atoms with van der Waals surface area (Å²) in [5.41, 5.74) is 4.30. The Labute approximate surface area is 206 Å². The Hall–Kier alpha value is -4.85. The lowest BCUT2D eigenvalue weighted by atomic mass is 10.1. The van der Waals surface area contributed by atoms with Gasteiger partial charge in [0.15, 0.2) is 6.61 Å². The highest BCUT2D eigenvalue weighted by molar-refractivity contribution is 5.99. The van der Waals surface area contributed by atoms with Gasteiger partial charge in [0.1, 0.15) is 11.5 Å². The van der Waals surface area contributed by atoms with Gasteiger partial charge in [-0.05, 0) is 29.7 Å². The number of fused-ring (bicyclic) bond motifs is 2. The fourth-order valence-electron chi connectivity index (χ4n) is 4.02. The predicted molar refractivity (Wildman–Crippen MR) is 136 cm³/mol. The summed E-state index contributed by atoms with van der Waals surface area (Å²) in [6.07, 6.45) is 3.50. The van der Waals surface area contributed by atoms with Gasteiger partial charge in [-0.25, -0.2) is 10.2 Å². The summed E-state index contributed by atoms with van der Waals surface area (Å²) < 4.78 is 18.0. The van der Waals surface area contributed by atoms with E-state index >= 15 is 0 Å². The molecule has 0 aliphatic heterocycles. The monoisotopic (exact) mass is 481 g/mol. The van der Waals surface area contributed by atoms with Crippen LogP contribution in [0.2, 0.25) is 0 Å². The highest BCUT2D eigenvalue weighted by Crippen LogP contribution is 2.25. The smallest absolute Gasteiger partial charge is 0.373 e. The van der Waals surface area contributed by atoms with Crippen molar-refractivity contribution < 1.29 is 23.5 Å². The number of hydrogen-bond donors (Lipinski definition) is 1. The van der Waals surface area contributed by atoms with E-state index < -0.39 is 5.97 Å². The lowest BCUT2D eigenvalue weighted by Crippen LogP contribution is -2.24. The molecule has 0 bridgehead atoms. The molecule has 0 radical (unpaired) electrons. The maximum Gasteiger partial charge on any atom is 0.373 e. The number of ether oxygens (including phenoxy) is 2. The minimum Gasteiger partial charge on any atom is -0.483 e. The molecule has 0 saturated heterocycles. The molecule has 180 valence electrons. The van der Waals surface area contributed by atoms with Crippen LogP contribution in [0.3, 0.4) is 0 Å². The van der Waals surface area contributed by atoms with Crippen molar-refractivity contribution in [1.82, 2.24) is 9.99 Å². The van der Waals surface area contributed by atoms with Gasteiger partial charge < -0.3 is 18.5 Å². The maximum atomic E-state index is 12.3. The molecule has 8 heteroatoms. The number of para-hydroxylation sites is 1. The van der Waals surface area contributed by atoms with Crippen molar-refractivity contribution >= 4 is 39.8 Å². The van der Waals surface area contributed by atoms with Crippen molar-refractivity contribution in [2.45, 2.75) is 6.54 Å². The molecule has 0 saturated carbocycles. The van der Waals surface area contributed by atoms with Crippen LogP contribution < -0.4 is 10.2 Å². The molecule has 5 aromatic rings. The standard InChI is InChI=1S/C28H23N3O5/c1-34-28(33)26-14-13-21(36-26)17-31-16-20(22-9-4-5-11-24(22)31)15-29-30-27(32)18-35-25-12-6-8-19-7-2-3-10-23(19)25/h2-16H,17-18H2,1H3,(H,30,32)/b29-15+. The van der Waals surface area contributed by atoms with Crippen molar-refractivity contribution in [3.05, 3.63) is 102 Å². The Kier molecular flexibility index (Phi) is 6.48. The maximum absolute atomic E-state index is 12.3. The van der Waals surface area contributed by atoms with Crippen LogP contribution in [0.4, 0.5) is 0 Å². The van der Waals surface area contributed by atoms with Crippen molar-refractivity contribution in [3.8, 4) is 5.75 Å². The average molecular weight is 482 g/mol. The fourth-order valence-corrected chi connectivity index (χ4v) is 4.02. The summed E-state index contributed by atoms with van der Waals surface area (Å²) in [5, 5.41) is 7.07. The van der Waals surface area contributed by atoms with Gasteiger partial charge in [0.2, 0.25) is 5.76 Å². The zero-order chi connectivity index (χ0) is 24.9. The van der Waals surface area contributed by atoms with Crippen molar-refractivity contribution in [2.75, 3.05) is 13.7 Å². The van der Waals surface area contributed by atoms with Crippen LogP contribution in [0, 0.1) is 0 Å². The topological polar surface area (TPSA) is 95.1 Å². The van der Waals surface area contributed by atoms with Crippen molar-refractivity contribution in [1.29, 1.82) is 0 Å². The van der Waals surface area contributed by atoms with E-state index in [1.54, 1.807) is 18.3 Å². The number of nitrogens with one attached hydrogen (secondary N) is 1. The molecule has 2 heterocycles. The van der Waals surface area contributed by atoms with E-state index in [2.05, 4.69) is 10.5 Å². The van der Waals surface area contributed by atoms with Crippen LogP contribution in [0.1, 0.15) is 21.9 Å². The number of carbonyl (C=O) groups is 2. The van der Waals surface area contributed by atoms with Crippen molar-refractivity contribution in [3.63, 3.8) is 0 Å². The van der Waals surface area contributed by atoms with Crippen LogP contribution in [0.15, 0.2) is 94.6 Å². The molecule has 0 aliphatic carbocycles. The van der Waals surface area contributed by atoms with E-state index in [9.17, 15) is 9.59 Å². The first-order valence-electron chi connectivity index (χ1n) is 11.3. The van der Waals surface area contributed by atoms with E-state index in [0.29, 0.717) is 18.1 Å². The molecular weight excluding hydrogens is 458 g/mol. The van der Waals surface area contributed by atoms with Crippen LogP contribution in [-0.4, -0.2) is 36.4 Å². The van der Waals surface area contributed by atoms with E-state index in [1.807, 2.05) is 77.5 Å². The molecule has 8 nitrogen and oxygen atoms in total. The molecule has 36 heavy (non-hydrogen) atoms. The summed E-state index contributed by atoms with van der Waals surface area (Å²) in [6.45, 7) is 0.255. The van der Waals surface area contributed by atoms with Crippen LogP contribution in [-0.2, 0) is 16.1 Å². The third-order valence-corrected chi connectivity index (χ3v) is 5.70. The lowest BCUT2D eigenvalue weighted by molar-refractivity contribution is -0.123. The highest BCUT2D eigenvalue weighted by Gasteiger charge is 2.13. The quantitative estimate of drug-likeness (QED) is 0.196. The zero-order valence-electron chi connectivity index (χ0n) is 19.5. The van der Waals surface area contributed by atoms with Gasteiger partial charge in [0, 0.05) is 28.0 Å². The number of carbonyl (C=O) groups excluding carboxylic acids is 2. The van der Waals surface area contributed by atoms with E-state index in [4.69, 9.17) is 13.9 Å². The molecule has 2 aromatic heterocycles. The number of nitrogens with zero attached hydrogens (tertiary/aromatic N) is 2. The second-order valence-electron chi connectivity index (χ2n) is 8.05. The van der Waals surface area contributed by atoms with E-state index in [-0.39, 0.29) is 18.3 Å². The first-order valence-corrected chi connectivity index (χ1v) is 11.3. The summed E-state index contributed by atoms with van der Waals surface area (Å²) in [4.78, 5) is 24.0. The summed E-state index contributed by atoms with van der Waals surface area (Å²) in [6, 6.07) is 24.7. The van der Waals surface area contributed by atoms with Gasteiger partial charge in [0.25, 0.3) is 5.91 Å². The summed E-state index contributed by atoms with van der Waals surface area (Å²) >= 11 is 0. The fraction of sp³-hybridized carbons (Fsp3) is 0.107. The van der Waals surface area contributed by atoms with Gasteiger partial charge >= 0.3 is 5.97 Å². The SMILES string of the molecule is COC(=O)c1ccc(Cn2cc(/C=N/NC(=O)COc3cccc4ccccc34)c3ccccc32)o1. The minimum absolute atomic E-state index is 0.152. The predicted octanol–water partition coefficient (Wildman–Crippen LogP) is 4.75. The Balaban J connectivity index is 1.26. The number of methoxy groups -OCH3 is 1. The van der Waals surface area contributed by atoms with Gasteiger partial charge in [-0.1, -0.05) is 54.6 Å². The Bertz CT molecular complexity index is 1580. The molecule has 0 aliphatic rings.